The van der Waals surface area contributed by atoms with Gasteiger partial charge in [0.05, 0.1) is 19.5 Å². The lowest BCUT2D eigenvalue weighted by Gasteiger charge is -2.23. The number of aliphatic hydroxyl groups excluding tert-OH is 2. The summed E-state index contributed by atoms with van der Waals surface area (Å²) in [6.07, 6.45) is -11.1. The Morgan fingerprint density at radius 2 is 1.70 bits per heavy atom. The predicted molar refractivity (Wildman–Crippen MR) is 134 cm³/mol. The maximum absolute atomic E-state index is 15.7. The largest absolute Gasteiger partial charge is 0.472 e. The molecule has 2 saturated heterocycles. The quantitative estimate of drug-likeness (QED) is 0.110. The first-order valence-corrected chi connectivity index (χ1v) is 15.1. The number of hydrogen-bond acceptors (Lipinski definition) is 15. The molecule has 3 aromatic rings. The van der Waals surface area contributed by atoms with Crippen LogP contribution in [0.3, 0.4) is 0 Å². The molecule has 0 aliphatic carbocycles. The van der Waals surface area contributed by atoms with Crippen molar-refractivity contribution in [2.45, 2.75) is 49.1 Å². The number of nitrogens with two attached hydrogens (primary N) is 1. The molecule has 236 valence electrons. The molecular formula is C19H24FN7O14P2. The summed E-state index contributed by atoms with van der Waals surface area (Å²) < 4.78 is 66.8. The fourth-order valence-corrected chi connectivity index (χ4v) is 5.78. The highest BCUT2D eigenvalue weighted by Gasteiger charge is 2.52. The number of fused-ring (bicyclic) bond motifs is 1. The number of nitrogens with one attached hydrogen (secondary N) is 1. The van der Waals surface area contributed by atoms with Gasteiger partial charge in [-0.25, -0.2) is 33.3 Å². The monoisotopic (exact) mass is 655 g/mol. The number of nitrogen functional groups attached to an aromatic ring is 1. The number of H-pyrrole nitrogens is 1. The molecule has 8 N–H and O–H groups in total. The van der Waals surface area contributed by atoms with Crippen LogP contribution in [0.2, 0.25) is 0 Å². The van der Waals surface area contributed by atoms with E-state index in [1.807, 2.05) is 4.98 Å². The van der Waals surface area contributed by atoms with Gasteiger partial charge in [0.2, 0.25) is 0 Å². The zero-order valence-electron chi connectivity index (χ0n) is 21.3. The van der Waals surface area contributed by atoms with Crippen LogP contribution >= 0.6 is 15.6 Å². The Kier molecular flexibility index (Phi) is 8.66. The fraction of sp³-hybridized carbons (Fsp3) is 0.526. The minimum atomic E-state index is -5.28. The summed E-state index contributed by atoms with van der Waals surface area (Å²) in [4.78, 5) is 65.5. The van der Waals surface area contributed by atoms with E-state index in [0.29, 0.717) is 0 Å². The van der Waals surface area contributed by atoms with Crippen LogP contribution < -0.4 is 17.0 Å². The highest BCUT2D eigenvalue weighted by atomic mass is 31.2. The molecule has 21 nitrogen and oxygen atoms in total. The van der Waals surface area contributed by atoms with Gasteiger partial charge in [-0.05, 0) is 0 Å². The van der Waals surface area contributed by atoms with Gasteiger partial charge in [0.25, 0.3) is 5.56 Å². The lowest BCUT2D eigenvalue weighted by Crippen LogP contribution is -2.37. The number of hydrogen-bond donors (Lipinski definition) is 7. The van der Waals surface area contributed by atoms with Crippen LogP contribution in [0.25, 0.3) is 11.2 Å². The van der Waals surface area contributed by atoms with Crippen molar-refractivity contribution in [3.05, 3.63) is 45.8 Å². The van der Waals surface area contributed by atoms with E-state index in [0.717, 1.165) is 34.1 Å². The third kappa shape index (κ3) is 6.60. The summed E-state index contributed by atoms with van der Waals surface area (Å²) in [6, 6.07) is 0.953. The Hall–Kier alpha value is -2.98. The number of aromatic amines is 1. The third-order valence-electron chi connectivity index (χ3n) is 6.45. The number of phosphoric acid groups is 2. The number of rotatable bonds is 10. The van der Waals surface area contributed by atoms with Crippen molar-refractivity contribution < 1.29 is 61.5 Å². The molecule has 24 heteroatoms. The summed E-state index contributed by atoms with van der Waals surface area (Å²) in [6.45, 7) is -1.93. The fourth-order valence-electron chi connectivity index (χ4n) is 4.48. The van der Waals surface area contributed by atoms with E-state index >= 15 is 4.39 Å². The molecule has 0 amide bonds. The van der Waals surface area contributed by atoms with Gasteiger partial charge >= 0.3 is 21.3 Å². The third-order valence-corrected chi connectivity index (χ3v) is 7.93. The first-order chi connectivity index (χ1) is 20.1. The first kappa shape index (κ1) is 31.4. The minimum Gasteiger partial charge on any atom is -0.387 e. The smallest absolute Gasteiger partial charge is 0.387 e. The van der Waals surface area contributed by atoms with E-state index in [1.54, 1.807) is 0 Å². The van der Waals surface area contributed by atoms with Crippen LogP contribution in [-0.4, -0.2) is 104 Å². The normalized spacial score (nSPS) is 31.0. The van der Waals surface area contributed by atoms with Crippen molar-refractivity contribution in [1.82, 2.24) is 29.1 Å². The SMILES string of the molecule is Nc1ncnc2c1ncn2[C@@H]1O[C@H](COP(=O)(O)O)[C@@H](OP(=O)(O)OC[C@H]2O[C@@H](n3ccc(=O)[nH]c3=O)[C@H](O)[C@@H]2O)[C@H]1F. The van der Waals surface area contributed by atoms with E-state index < -0.39 is 89.3 Å². The molecule has 2 fully saturated rings. The number of anilines is 1. The van der Waals surface area contributed by atoms with E-state index in [1.165, 1.54) is 0 Å². The first-order valence-electron chi connectivity index (χ1n) is 12.1. The molecule has 0 aromatic carbocycles. The summed E-state index contributed by atoms with van der Waals surface area (Å²) in [5.41, 5.74) is 4.10. The number of nitrogens with zero attached hydrogens (tertiary/aromatic N) is 5. The van der Waals surface area contributed by atoms with Crippen molar-refractivity contribution in [2.24, 2.45) is 0 Å². The summed E-state index contributed by atoms with van der Waals surface area (Å²) in [5.74, 6) is -0.0475. The average molecular weight is 655 g/mol. The number of phosphoric ester groups is 2. The van der Waals surface area contributed by atoms with Crippen LogP contribution in [-0.2, 0) is 32.2 Å². The van der Waals surface area contributed by atoms with Gasteiger partial charge in [0, 0.05) is 12.3 Å². The highest BCUT2D eigenvalue weighted by molar-refractivity contribution is 7.47. The number of alkyl halides is 1. The standard InChI is InChI=1S/C19H24FN7O14P2/c20-10-14(8(4-37-42(32,33)34)40-17(10)27-6-24-11-15(21)22-5-23-16(11)27)41-43(35,36)38-3-7-12(29)13(30)18(39-7)26-2-1-9(28)25-19(26)31/h1-2,5-8,10,12-14,17-18,29-30H,3-4H2,(H,35,36)(H2,21,22,23)(H,25,28,31)(H2,32,33,34)/t7-,8-,10-,12-,13-,14-,17-,18-/m1/s1. The Labute approximate surface area is 237 Å². The van der Waals surface area contributed by atoms with Crippen LogP contribution in [0.5, 0.6) is 0 Å². The number of aromatic nitrogens is 6. The van der Waals surface area contributed by atoms with E-state index in [-0.39, 0.29) is 17.0 Å². The molecule has 0 spiro atoms. The van der Waals surface area contributed by atoms with Crippen molar-refractivity contribution in [3.63, 3.8) is 0 Å². The van der Waals surface area contributed by atoms with Gasteiger partial charge in [-0.15, -0.1) is 0 Å². The molecular weight excluding hydrogens is 631 g/mol. The van der Waals surface area contributed by atoms with Crippen LogP contribution in [0, 0.1) is 0 Å². The molecule has 9 atom stereocenters. The number of ether oxygens (including phenoxy) is 2. The topological polar surface area (TPSA) is 306 Å². The Balaban J connectivity index is 1.31. The molecule has 1 unspecified atom stereocenters. The molecule has 0 radical (unpaired) electrons. The van der Waals surface area contributed by atoms with Gasteiger partial charge in [-0.3, -0.25) is 32.5 Å². The van der Waals surface area contributed by atoms with Crippen molar-refractivity contribution in [3.8, 4) is 0 Å². The number of imidazole rings is 1. The lowest BCUT2D eigenvalue weighted by atomic mass is 10.1. The summed E-state index contributed by atoms with van der Waals surface area (Å²) >= 11 is 0. The van der Waals surface area contributed by atoms with E-state index in [9.17, 15) is 33.8 Å². The average Bonchev–Trinajstić information content (AvgIpc) is 3.57. The van der Waals surface area contributed by atoms with Gasteiger partial charge in [0.1, 0.15) is 42.4 Å². The lowest BCUT2D eigenvalue weighted by molar-refractivity contribution is -0.0607. The van der Waals surface area contributed by atoms with Crippen LogP contribution in [0.15, 0.2) is 34.5 Å². The highest BCUT2D eigenvalue weighted by Crippen LogP contribution is 2.50. The van der Waals surface area contributed by atoms with Crippen LogP contribution in [0.1, 0.15) is 12.5 Å². The Morgan fingerprint density at radius 3 is 2.40 bits per heavy atom. The van der Waals surface area contributed by atoms with E-state index in [4.69, 9.17) is 34.0 Å². The maximum atomic E-state index is 15.7. The Morgan fingerprint density at radius 1 is 1.00 bits per heavy atom. The molecule has 0 saturated carbocycles. The van der Waals surface area contributed by atoms with Gasteiger partial charge < -0.3 is 40.1 Å². The van der Waals surface area contributed by atoms with Crippen molar-refractivity contribution >= 4 is 32.6 Å². The minimum absolute atomic E-state index is 0.000896. The number of aliphatic hydroxyl groups is 2. The van der Waals surface area contributed by atoms with Crippen molar-refractivity contribution in [1.29, 1.82) is 0 Å². The number of halogens is 1. The molecule has 3 aromatic heterocycles. The molecule has 5 rings (SSSR count). The molecule has 2 aliphatic rings. The van der Waals surface area contributed by atoms with Gasteiger partial charge in [0.15, 0.2) is 30.1 Å². The Bertz CT molecular complexity index is 1700. The molecule has 2 aliphatic heterocycles. The van der Waals surface area contributed by atoms with Crippen LogP contribution in [0.4, 0.5) is 10.2 Å². The van der Waals surface area contributed by atoms with Crippen molar-refractivity contribution in [2.75, 3.05) is 18.9 Å². The molecule has 43 heavy (non-hydrogen) atoms. The summed E-state index contributed by atoms with van der Waals surface area (Å²) in [7, 11) is -10.4. The zero-order valence-corrected chi connectivity index (χ0v) is 23.1. The maximum Gasteiger partial charge on any atom is 0.472 e. The second-order valence-corrected chi connectivity index (χ2v) is 11.9. The van der Waals surface area contributed by atoms with Gasteiger partial charge in [-0.2, -0.15) is 0 Å². The summed E-state index contributed by atoms with van der Waals surface area (Å²) in [5, 5.41) is 20.7. The van der Waals surface area contributed by atoms with E-state index in [2.05, 4.69) is 19.5 Å². The predicted octanol–water partition coefficient (Wildman–Crippen LogP) is -2.58. The van der Waals surface area contributed by atoms with Gasteiger partial charge in [-0.1, -0.05) is 0 Å². The zero-order chi connectivity index (χ0) is 31.3. The molecule has 0 bridgehead atoms. The second kappa shape index (κ2) is 11.8. The molecule has 5 heterocycles. The second-order valence-electron chi connectivity index (χ2n) is 9.28.